The summed E-state index contributed by atoms with van der Waals surface area (Å²) < 4.78 is 4.23. The summed E-state index contributed by atoms with van der Waals surface area (Å²) in [5, 5.41) is 9.08. The van der Waals surface area contributed by atoms with E-state index < -0.39 is 0 Å². The van der Waals surface area contributed by atoms with Gasteiger partial charge in [0.05, 0.1) is 18.3 Å². The monoisotopic (exact) mass is 343 g/mol. The molecule has 0 fully saturated rings. The minimum Gasteiger partial charge on any atom is -0.326 e. The lowest BCUT2D eigenvalue weighted by atomic mass is 10.3. The van der Waals surface area contributed by atoms with Crippen LogP contribution in [0.1, 0.15) is 24.9 Å². The highest BCUT2D eigenvalue weighted by molar-refractivity contribution is 5.74. The largest absolute Gasteiger partial charge is 0.326 e. The molecule has 4 rings (SSSR count). The Morgan fingerprint density at radius 3 is 2.92 bits per heavy atom. The second-order valence-corrected chi connectivity index (χ2v) is 5.94. The predicted molar refractivity (Wildman–Crippen MR) is 97.1 cm³/mol. The van der Waals surface area contributed by atoms with Crippen LogP contribution in [0, 0.1) is 11.3 Å². The number of nitriles is 1. The summed E-state index contributed by atoms with van der Waals surface area (Å²) in [4.78, 5) is 17.7. The molecule has 4 aromatic heterocycles. The highest BCUT2D eigenvalue weighted by atomic mass is 15.2. The molecule has 7 heteroatoms. The molecule has 4 heterocycles. The van der Waals surface area contributed by atoms with Crippen molar-refractivity contribution in [2.45, 2.75) is 26.4 Å². The van der Waals surface area contributed by atoms with E-state index in [0.29, 0.717) is 17.9 Å². The lowest BCUT2D eigenvalue weighted by molar-refractivity contribution is 0.627. The fourth-order valence-corrected chi connectivity index (χ4v) is 3.07. The molecular formula is C19H17N7. The molecule has 0 saturated carbocycles. The molecule has 0 aliphatic carbocycles. The molecule has 4 aromatic rings. The molecule has 0 N–H and O–H groups in total. The third kappa shape index (κ3) is 2.82. The molecule has 0 spiro atoms. The zero-order valence-corrected chi connectivity index (χ0v) is 14.4. The number of aromatic nitrogens is 6. The maximum absolute atomic E-state index is 9.08. The highest BCUT2D eigenvalue weighted by Crippen LogP contribution is 2.20. The minimum atomic E-state index is 0.376. The van der Waals surface area contributed by atoms with Gasteiger partial charge < -0.3 is 9.13 Å². The Bertz CT molecular complexity index is 1100. The molecule has 0 aliphatic rings. The molecule has 128 valence electrons. The zero-order chi connectivity index (χ0) is 17.9. The molecule has 0 unspecified atom stereocenters. The molecule has 0 bridgehead atoms. The van der Waals surface area contributed by atoms with Gasteiger partial charge in [0.25, 0.3) is 0 Å². The van der Waals surface area contributed by atoms with E-state index in [2.05, 4.69) is 32.5 Å². The molecule has 7 nitrogen and oxygen atoms in total. The van der Waals surface area contributed by atoms with E-state index in [9.17, 15) is 0 Å². The Balaban J connectivity index is 1.75. The van der Waals surface area contributed by atoms with Gasteiger partial charge in [-0.3, -0.25) is 4.98 Å². The summed E-state index contributed by atoms with van der Waals surface area (Å²) in [6.07, 6.45) is 8.25. The average Bonchev–Trinajstić information content (AvgIpc) is 3.27. The molecule has 0 radical (unpaired) electrons. The molecule has 0 amide bonds. The van der Waals surface area contributed by atoms with E-state index in [1.807, 2.05) is 29.0 Å². The number of pyridine rings is 2. The van der Waals surface area contributed by atoms with Crippen LogP contribution in [-0.2, 0) is 13.1 Å². The van der Waals surface area contributed by atoms with E-state index in [0.717, 1.165) is 35.6 Å². The van der Waals surface area contributed by atoms with Crippen LogP contribution in [0.5, 0.6) is 0 Å². The first-order chi connectivity index (χ1) is 12.8. The number of rotatable bonds is 5. The van der Waals surface area contributed by atoms with Gasteiger partial charge in [-0.25, -0.2) is 15.0 Å². The van der Waals surface area contributed by atoms with Crippen molar-refractivity contribution >= 4 is 11.0 Å². The van der Waals surface area contributed by atoms with Crippen molar-refractivity contribution in [3.05, 3.63) is 60.6 Å². The van der Waals surface area contributed by atoms with Crippen molar-refractivity contribution < 1.29 is 0 Å². The quantitative estimate of drug-likeness (QED) is 0.556. The SMILES string of the molecule is CCCn1c(Cn2ccnc2-c2cccc(C#N)n2)nc2cnccc21. The van der Waals surface area contributed by atoms with Gasteiger partial charge in [0.15, 0.2) is 5.82 Å². The van der Waals surface area contributed by atoms with Crippen molar-refractivity contribution in [2.75, 3.05) is 0 Å². The van der Waals surface area contributed by atoms with Crippen LogP contribution < -0.4 is 0 Å². The third-order valence-corrected chi connectivity index (χ3v) is 4.20. The van der Waals surface area contributed by atoms with Gasteiger partial charge in [0.2, 0.25) is 0 Å². The van der Waals surface area contributed by atoms with E-state index in [1.165, 1.54) is 0 Å². The first-order valence-electron chi connectivity index (χ1n) is 8.48. The Kier molecular flexibility index (Phi) is 4.15. The van der Waals surface area contributed by atoms with Crippen LogP contribution in [0.2, 0.25) is 0 Å². The van der Waals surface area contributed by atoms with E-state index in [4.69, 9.17) is 10.2 Å². The van der Waals surface area contributed by atoms with Crippen molar-refractivity contribution in [3.8, 4) is 17.6 Å². The summed E-state index contributed by atoms with van der Waals surface area (Å²) in [7, 11) is 0. The maximum Gasteiger partial charge on any atom is 0.159 e. The summed E-state index contributed by atoms with van der Waals surface area (Å²) in [6.45, 7) is 3.61. The first-order valence-corrected chi connectivity index (χ1v) is 8.48. The van der Waals surface area contributed by atoms with E-state index in [-0.39, 0.29) is 0 Å². The lowest BCUT2D eigenvalue weighted by Gasteiger charge is -2.10. The normalized spacial score (nSPS) is 10.9. The molecule has 0 aromatic carbocycles. The third-order valence-electron chi connectivity index (χ3n) is 4.20. The maximum atomic E-state index is 9.08. The Hall–Kier alpha value is -3.53. The first kappa shape index (κ1) is 16.0. The molecule has 0 saturated heterocycles. The van der Waals surface area contributed by atoms with Gasteiger partial charge in [-0.2, -0.15) is 5.26 Å². The standard InChI is InChI=1S/C19H17N7/c1-2-9-26-17-6-7-21-12-16(17)24-18(26)13-25-10-8-22-19(25)15-5-3-4-14(11-20)23-15/h3-8,10,12H,2,9,13H2,1H3. The molecule has 0 aliphatic heterocycles. The van der Waals surface area contributed by atoms with E-state index >= 15 is 0 Å². The van der Waals surface area contributed by atoms with Crippen LogP contribution in [0.25, 0.3) is 22.6 Å². The lowest BCUT2D eigenvalue weighted by Crippen LogP contribution is -2.10. The molecular weight excluding hydrogens is 326 g/mol. The number of aryl methyl sites for hydroxylation is 1. The minimum absolute atomic E-state index is 0.376. The Morgan fingerprint density at radius 2 is 2.08 bits per heavy atom. The van der Waals surface area contributed by atoms with Crippen molar-refractivity contribution in [3.63, 3.8) is 0 Å². The number of hydrogen-bond donors (Lipinski definition) is 0. The molecule has 26 heavy (non-hydrogen) atoms. The second-order valence-electron chi connectivity index (χ2n) is 5.94. The number of imidazole rings is 2. The van der Waals surface area contributed by atoms with Crippen molar-refractivity contribution in [1.82, 2.24) is 29.1 Å². The second kappa shape index (κ2) is 6.76. The highest BCUT2D eigenvalue weighted by Gasteiger charge is 2.14. The number of nitrogens with zero attached hydrogens (tertiary/aromatic N) is 7. The topological polar surface area (TPSA) is 85.2 Å². The van der Waals surface area contributed by atoms with Crippen molar-refractivity contribution in [2.24, 2.45) is 0 Å². The van der Waals surface area contributed by atoms with Gasteiger partial charge >= 0.3 is 0 Å². The van der Waals surface area contributed by atoms with Crippen LogP contribution in [-0.4, -0.2) is 29.1 Å². The van der Waals surface area contributed by atoms with Crippen molar-refractivity contribution in [1.29, 1.82) is 5.26 Å². The summed E-state index contributed by atoms with van der Waals surface area (Å²) in [6, 6.07) is 9.43. The smallest absolute Gasteiger partial charge is 0.159 e. The summed E-state index contributed by atoms with van der Waals surface area (Å²) >= 11 is 0. The van der Waals surface area contributed by atoms with Gasteiger partial charge in [0, 0.05) is 25.1 Å². The predicted octanol–water partition coefficient (Wildman–Crippen LogP) is 3.02. The van der Waals surface area contributed by atoms with Crippen LogP contribution in [0.3, 0.4) is 0 Å². The zero-order valence-electron chi connectivity index (χ0n) is 14.4. The van der Waals surface area contributed by atoms with E-state index in [1.54, 1.807) is 24.7 Å². The van der Waals surface area contributed by atoms with Crippen LogP contribution in [0.4, 0.5) is 0 Å². The summed E-state index contributed by atoms with van der Waals surface area (Å²) in [5.41, 5.74) is 3.03. The number of fused-ring (bicyclic) bond motifs is 1. The van der Waals surface area contributed by atoms with Gasteiger partial charge in [-0.1, -0.05) is 13.0 Å². The number of hydrogen-bond acceptors (Lipinski definition) is 5. The Labute approximate surface area is 150 Å². The fraction of sp³-hybridized carbons (Fsp3) is 0.211. The van der Waals surface area contributed by atoms with Crippen LogP contribution in [0.15, 0.2) is 49.1 Å². The summed E-state index contributed by atoms with van der Waals surface area (Å²) in [5.74, 6) is 1.67. The van der Waals surface area contributed by atoms with Gasteiger partial charge in [-0.05, 0) is 24.6 Å². The Morgan fingerprint density at radius 1 is 1.15 bits per heavy atom. The van der Waals surface area contributed by atoms with Gasteiger partial charge in [-0.15, -0.1) is 0 Å². The average molecular weight is 343 g/mol. The fourth-order valence-electron chi connectivity index (χ4n) is 3.07. The molecule has 0 atom stereocenters. The van der Waals surface area contributed by atoms with Gasteiger partial charge in [0.1, 0.15) is 28.8 Å². The van der Waals surface area contributed by atoms with Crippen LogP contribution >= 0.6 is 0 Å².